The minimum atomic E-state index is -2.20. The largest absolute Gasteiger partial charge is 0.461 e. The molecule has 0 saturated heterocycles. The van der Waals surface area contributed by atoms with Crippen molar-refractivity contribution >= 4 is 48.7 Å². The number of hydrogen-bond donors (Lipinski definition) is 5. The van der Waals surface area contributed by atoms with Crippen molar-refractivity contribution in [1.29, 1.82) is 0 Å². The van der Waals surface area contributed by atoms with E-state index in [2.05, 4.69) is 164 Å². The fourth-order valence-corrected chi connectivity index (χ4v) is 16.0. The number of carbonyl (C=O) groups is 4. The fraction of sp³-hybridized carbons (Fsp3) is 0.840. The van der Waals surface area contributed by atoms with Gasteiger partial charge in [0.05, 0.1) is 54.2 Å². The number of aliphatic hydroxyl groups is 3. The molecule has 5 N–H and O–H groups in total. The molecule has 0 saturated carbocycles. The molecule has 14 nitrogen and oxygen atoms in total. The maximum atomic E-state index is 13.8. The van der Waals surface area contributed by atoms with Gasteiger partial charge in [-0.2, -0.15) is 0 Å². The number of unbranched alkanes of at least 4 members (excludes halogenated alkanes) is 2. The Kier molecular flexibility index (Phi) is 33.6. The Bertz CT molecular complexity index is 2430. The van der Waals surface area contributed by atoms with Crippen LogP contribution in [0.25, 0.3) is 0 Å². The van der Waals surface area contributed by atoms with E-state index < -0.39 is 60.2 Å². The van der Waals surface area contributed by atoms with Gasteiger partial charge in [-0.3, -0.25) is 19.2 Å². The quantitative estimate of drug-likeness (QED) is 0.0243. The van der Waals surface area contributed by atoms with Gasteiger partial charge in [0.15, 0.2) is 25.0 Å². The van der Waals surface area contributed by atoms with E-state index in [9.17, 15) is 34.5 Å². The number of amides is 2. The van der Waals surface area contributed by atoms with E-state index >= 15 is 0 Å². The Morgan fingerprint density at radius 1 is 0.565 bits per heavy atom. The summed E-state index contributed by atoms with van der Waals surface area (Å²) in [7, 11) is -6.48. The summed E-state index contributed by atoms with van der Waals surface area (Å²) in [4.78, 5) is 52.0. The van der Waals surface area contributed by atoms with Gasteiger partial charge in [0.25, 0.3) is 0 Å². The van der Waals surface area contributed by atoms with Crippen LogP contribution in [0.1, 0.15) is 242 Å². The SMILES string of the molecule is C.CCCCNC(=O)C[C@@H](C[C@@H](CC[C@@H]1[C@@H]2C(=C[C@H](O[Si](C)(C)C(C)(C)C)C[C@@H]2OC(=O)C(C)(C)CC)C=C[C@@H]1C)O[Si](C)(C)C(C)(C)C)O[Si](C)(C)C(C)(C)C.CCCCNC(=O)C[C@H](O)C[C@H](O)CC[C@@H]1[C@@H]2C(=C[C@H](O)C[C@@H]2OC(=O)C(C)(C)CC)C=C[C@@H]1C. The van der Waals surface area contributed by atoms with Crippen molar-refractivity contribution in [2.24, 2.45) is 46.3 Å². The van der Waals surface area contributed by atoms with Crippen molar-refractivity contribution in [2.45, 2.75) is 345 Å². The molecule has 14 atom stereocenters. The number of carbonyl (C=O) groups excluding carboxylic acids is 4. The first kappa shape index (κ1) is 85.3. The second-order valence-corrected chi connectivity index (χ2v) is 48.0. The number of rotatable bonds is 32. The summed E-state index contributed by atoms with van der Waals surface area (Å²) < 4.78 is 34.1. The maximum absolute atomic E-state index is 13.8. The van der Waals surface area contributed by atoms with Gasteiger partial charge >= 0.3 is 11.9 Å². The summed E-state index contributed by atoms with van der Waals surface area (Å²) in [5.74, 6) is 0.418. The summed E-state index contributed by atoms with van der Waals surface area (Å²) >= 11 is 0. The molecule has 4 rings (SSSR count). The van der Waals surface area contributed by atoms with Crippen molar-refractivity contribution in [3.05, 3.63) is 47.6 Å². The highest BCUT2D eigenvalue weighted by Crippen LogP contribution is 2.49. The summed E-state index contributed by atoms with van der Waals surface area (Å²) in [6.07, 6.45) is 20.0. The van der Waals surface area contributed by atoms with Crippen LogP contribution in [0.3, 0.4) is 0 Å². The van der Waals surface area contributed by atoms with E-state index in [0.717, 1.165) is 50.5 Å². The molecular weight excluding hydrogens is 1210 g/mol. The number of ether oxygens (including phenoxy) is 2. The van der Waals surface area contributed by atoms with Gasteiger partial charge in [-0.1, -0.05) is 161 Å². The maximum Gasteiger partial charge on any atom is 0.311 e. The molecular formula is C75H140N2O12Si3. The predicted octanol–water partition coefficient (Wildman–Crippen LogP) is 17.0. The summed E-state index contributed by atoms with van der Waals surface area (Å²) in [5, 5.41) is 37.3. The van der Waals surface area contributed by atoms with Crippen molar-refractivity contribution in [3.63, 3.8) is 0 Å². The zero-order chi connectivity index (χ0) is 69.5. The van der Waals surface area contributed by atoms with E-state index in [1.165, 1.54) is 5.57 Å². The number of allylic oxidation sites excluding steroid dienone is 4. The van der Waals surface area contributed by atoms with Gasteiger partial charge in [0.2, 0.25) is 11.8 Å². The van der Waals surface area contributed by atoms with Crippen LogP contribution in [0.2, 0.25) is 54.4 Å². The first-order chi connectivity index (χ1) is 41.8. The Morgan fingerprint density at radius 3 is 1.41 bits per heavy atom. The van der Waals surface area contributed by atoms with Gasteiger partial charge in [0.1, 0.15) is 12.2 Å². The molecule has 0 fully saturated rings. The molecule has 0 aromatic heterocycles. The molecule has 0 spiro atoms. The van der Waals surface area contributed by atoms with Gasteiger partial charge < -0.3 is 48.7 Å². The first-order valence-corrected chi connectivity index (χ1v) is 44.3. The van der Waals surface area contributed by atoms with Crippen LogP contribution < -0.4 is 10.6 Å². The number of nitrogens with one attached hydrogen (secondary N) is 2. The second-order valence-electron chi connectivity index (χ2n) is 33.7. The monoisotopic (exact) mass is 1340 g/mol. The molecule has 4 aliphatic carbocycles. The number of aliphatic hydroxyl groups excluding tert-OH is 3. The molecule has 0 heterocycles. The third kappa shape index (κ3) is 25.6. The topological polar surface area (TPSA) is 199 Å². The Hall–Kier alpha value is -2.75. The van der Waals surface area contributed by atoms with E-state index in [4.69, 9.17) is 22.8 Å². The smallest absolute Gasteiger partial charge is 0.311 e. The van der Waals surface area contributed by atoms with Crippen LogP contribution in [0.5, 0.6) is 0 Å². The Balaban J connectivity index is 0.000000687. The molecule has 0 aliphatic heterocycles. The molecule has 0 aromatic rings. The van der Waals surface area contributed by atoms with Crippen molar-refractivity contribution < 1.29 is 57.2 Å². The average molecular weight is 1350 g/mol. The summed E-state index contributed by atoms with van der Waals surface area (Å²) in [5.41, 5.74) is 1.07. The molecule has 0 unspecified atom stereocenters. The van der Waals surface area contributed by atoms with E-state index in [1.54, 1.807) is 0 Å². The lowest BCUT2D eigenvalue weighted by molar-refractivity contribution is -0.166. The highest BCUT2D eigenvalue weighted by Gasteiger charge is 2.49. The van der Waals surface area contributed by atoms with Crippen LogP contribution in [-0.4, -0.2) is 126 Å². The number of esters is 2. The molecule has 534 valence electrons. The van der Waals surface area contributed by atoms with E-state index in [0.29, 0.717) is 64.0 Å². The second kappa shape index (κ2) is 36.2. The molecule has 0 radical (unpaired) electrons. The van der Waals surface area contributed by atoms with Crippen molar-refractivity contribution in [2.75, 3.05) is 13.1 Å². The van der Waals surface area contributed by atoms with Crippen LogP contribution in [0.15, 0.2) is 47.6 Å². The van der Waals surface area contributed by atoms with E-state index in [1.807, 2.05) is 53.7 Å². The van der Waals surface area contributed by atoms with Crippen molar-refractivity contribution in [1.82, 2.24) is 10.6 Å². The molecule has 0 aromatic carbocycles. The first-order valence-electron chi connectivity index (χ1n) is 35.6. The lowest BCUT2D eigenvalue weighted by Gasteiger charge is -2.47. The van der Waals surface area contributed by atoms with Crippen LogP contribution in [-0.2, 0) is 41.9 Å². The highest BCUT2D eigenvalue weighted by molar-refractivity contribution is 6.75. The van der Waals surface area contributed by atoms with Crippen molar-refractivity contribution in [3.8, 4) is 0 Å². The lowest BCUT2D eigenvalue weighted by atomic mass is 9.66. The zero-order valence-electron chi connectivity index (χ0n) is 62.3. The Labute approximate surface area is 565 Å². The van der Waals surface area contributed by atoms with E-state index in [-0.39, 0.29) is 113 Å². The van der Waals surface area contributed by atoms with Gasteiger partial charge in [-0.15, -0.1) is 0 Å². The minimum Gasteiger partial charge on any atom is -0.461 e. The van der Waals surface area contributed by atoms with Crippen LogP contribution >= 0.6 is 0 Å². The molecule has 92 heavy (non-hydrogen) atoms. The minimum absolute atomic E-state index is 0. The summed E-state index contributed by atoms with van der Waals surface area (Å²) in [6.45, 7) is 56.1. The molecule has 2 amide bonds. The molecule has 4 aliphatic rings. The number of hydrogen-bond acceptors (Lipinski definition) is 12. The summed E-state index contributed by atoms with van der Waals surface area (Å²) in [6, 6.07) is 0. The van der Waals surface area contributed by atoms with Gasteiger partial charge in [-0.25, -0.2) is 0 Å². The Morgan fingerprint density at radius 2 is 0.978 bits per heavy atom. The molecule has 17 heteroatoms. The number of fused-ring (bicyclic) bond motifs is 2. The predicted molar refractivity (Wildman–Crippen MR) is 388 cm³/mol. The fourth-order valence-electron chi connectivity index (χ4n) is 12.0. The van der Waals surface area contributed by atoms with Gasteiger partial charge in [-0.05, 0) is 181 Å². The van der Waals surface area contributed by atoms with Crippen LogP contribution in [0.4, 0.5) is 0 Å². The molecule has 0 bridgehead atoms. The average Bonchev–Trinajstić information content (AvgIpc) is 0.780. The highest BCUT2D eigenvalue weighted by atomic mass is 28.4. The lowest BCUT2D eigenvalue weighted by Crippen LogP contribution is -2.49. The third-order valence-corrected chi connectivity index (χ3v) is 35.7. The normalized spacial score (nSPS) is 25.2. The zero-order valence-corrected chi connectivity index (χ0v) is 65.3. The standard InChI is InChI=1S/C46H89NO6Si3.C28H47NO6.CH4/c1-21-23-28-47-40(48)32-37(53-56(19,20)45(10,11)12)30-35(51-54(15,16)43(4,5)6)26-27-38-33(3)24-25-34-29-36(52-55(17,18)44(7,8)9)31-39(41(34)38)50-42(49)46(13,14)22-2;1-6-8-13-29-25(33)17-22(32)15-20(30)11-12-23-18(3)9-10-19-14-21(31)16-24(26(19)23)35-27(34)28(4,5)7-2;/h24-25,29,33,35-39,41H,21-23,26-28,30-32H2,1-20H3,(H,47,48);9-10,14,18,20-24,26,30-32H,6-8,11-13,15-17H2,1-5H3,(H,29,33);1H4/t33-,35+,36-,37+,38-,39-,41-;18-,20+,21-,22+,23-,24-,26-;/m00./s1. The van der Waals surface area contributed by atoms with Crippen LogP contribution in [0, 0.1) is 46.3 Å². The van der Waals surface area contributed by atoms with Gasteiger partial charge in [0, 0.05) is 43.9 Å². The third-order valence-electron chi connectivity index (χ3n) is 22.2.